The minimum absolute atomic E-state index is 0.104. The van der Waals surface area contributed by atoms with Gasteiger partial charge in [0, 0.05) is 17.4 Å². The highest BCUT2D eigenvalue weighted by atomic mass is 35.5. The normalized spacial score (nSPS) is 23.1. The lowest BCUT2D eigenvalue weighted by atomic mass is 9.79. The van der Waals surface area contributed by atoms with Gasteiger partial charge >= 0.3 is 0 Å². The molecule has 182 valence electrons. The molecule has 3 aromatic rings. The van der Waals surface area contributed by atoms with Crippen molar-refractivity contribution in [3.8, 4) is 5.88 Å². The minimum atomic E-state index is -1.04. The maximum atomic E-state index is 13.5. The Balaban J connectivity index is 1.44. The van der Waals surface area contributed by atoms with Gasteiger partial charge in [0.1, 0.15) is 16.9 Å². The molecule has 0 radical (unpaired) electrons. The lowest BCUT2D eigenvalue weighted by Gasteiger charge is -2.39. The molecule has 0 spiro atoms. The topological polar surface area (TPSA) is 68.3 Å². The van der Waals surface area contributed by atoms with E-state index in [4.69, 9.17) is 21.3 Å². The Hall–Kier alpha value is -2.35. The largest absolute Gasteiger partial charge is 0.474 e. The van der Waals surface area contributed by atoms with Crippen LogP contribution in [-0.2, 0) is 15.1 Å². The first-order chi connectivity index (χ1) is 17.0. The molecular formula is C27H27ClN2O3S2. The molecule has 0 bridgehead atoms. The van der Waals surface area contributed by atoms with Gasteiger partial charge in [0.15, 0.2) is 5.78 Å². The van der Waals surface area contributed by atoms with Crippen LogP contribution in [-0.4, -0.2) is 28.0 Å². The van der Waals surface area contributed by atoms with Crippen LogP contribution >= 0.6 is 34.7 Å². The van der Waals surface area contributed by atoms with E-state index in [9.17, 15) is 9.59 Å². The van der Waals surface area contributed by atoms with Gasteiger partial charge in [-0.2, -0.15) is 11.3 Å². The highest BCUT2D eigenvalue weighted by molar-refractivity contribution is 8.01. The van der Waals surface area contributed by atoms with Crippen molar-refractivity contribution in [2.45, 2.75) is 60.8 Å². The van der Waals surface area contributed by atoms with Gasteiger partial charge in [0.2, 0.25) is 11.8 Å². The highest BCUT2D eigenvalue weighted by Gasteiger charge is 2.48. The van der Waals surface area contributed by atoms with E-state index < -0.39 is 10.8 Å². The number of carbonyl (C=O) groups excluding carboxylic acids is 2. The minimum Gasteiger partial charge on any atom is -0.474 e. The molecule has 8 heteroatoms. The van der Waals surface area contributed by atoms with Crippen molar-refractivity contribution in [1.82, 2.24) is 10.3 Å². The van der Waals surface area contributed by atoms with E-state index in [2.05, 4.69) is 12.2 Å². The molecule has 3 heterocycles. The molecule has 1 saturated carbocycles. The molecule has 3 atom stereocenters. The number of Topliss-reactive ketones (excluding diaryl/α,β-unsaturated/α-hetero) is 1. The van der Waals surface area contributed by atoms with Crippen molar-refractivity contribution >= 4 is 46.4 Å². The number of nitrogens with one attached hydrogen (secondary N) is 1. The molecule has 35 heavy (non-hydrogen) atoms. The second-order valence-corrected chi connectivity index (χ2v) is 11.5. The van der Waals surface area contributed by atoms with E-state index in [1.165, 1.54) is 35.9 Å². The molecular weight excluding hydrogens is 500 g/mol. The van der Waals surface area contributed by atoms with Gasteiger partial charge in [-0.3, -0.25) is 9.59 Å². The number of carbonyl (C=O) groups is 2. The lowest BCUT2D eigenvalue weighted by Crippen LogP contribution is -2.58. The maximum Gasteiger partial charge on any atom is 0.242 e. The Kier molecular flexibility index (Phi) is 7.19. The van der Waals surface area contributed by atoms with Gasteiger partial charge in [-0.05, 0) is 59.3 Å². The Bertz CT molecular complexity index is 1190. The first-order valence-corrected chi connectivity index (χ1v) is 14.1. The summed E-state index contributed by atoms with van der Waals surface area (Å²) in [5, 5.41) is 6.73. The monoisotopic (exact) mass is 526 g/mol. The number of hydrogen-bond acceptors (Lipinski definition) is 6. The fourth-order valence-corrected chi connectivity index (χ4v) is 6.48. The van der Waals surface area contributed by atoms with Crippen LogP contribution in [0.1, 0.15) is 50.3 Å². The van der Waals surface area contributed by atoms with Crippen LogP contribution in [0.5, 0.6) is 5.88 Å². The summed E-state index contributed by atoms with van der Waals surface area (Å²) in [7, 11) is 0. The van der Waals surface area contributed by atoms with Crippen LogP contribution in [0.4, 0.5) is 0 Å². The van der Waals surface area contributed by atoms with Crippen molar-refractivity contribution in [2.75, 3.05) is 0 Å². The highest BCUT2D eigenvalue weighted by Crippen LogP contribution is 2.41. The summed E-state index contributed by atoms with van der Waals surface area (Å²) >= 11 is 9.00. The summed E-state index contributed by atoms with van der Waals surface area (Å²) in [4.78, 5) is 32.4. The van der Waals surface area contributed by atoms with Crippen LogP contribution in [0.15, 0.2) is 64.2 Å². The Morgan fingerprint density at radius 2 is 2.03 bits per heavy atom. The third-order valence-electron chi connectivity index (χ3n) is 6.60. The quantitative estimate of drug-likeness (QED) is 0.334. The molecule has 5 rings (SSSR count). The number of piperidine rings is 1. The molecule has 2 fully saturated rings. The number of pyridine rings is 1. The maximum absolute atomic E-state index is 13.5. The molecule has 1 aliphatic heterocycles. The van der Waals surface area contributed by atoms with E-state index in [-0.39, 0.29) is 24.2 Å². The van der Waals surface area contributed by atoms with Crippen LogP contribution < -0.4 is 10.1 Å². The Morgan fingerprint density at radius 3 is 2.71 bits per heavy atom. The summed E-state index contributed by atoms with van der Waals surface area (Å²) in [6.45, 7) is 2.13. The summed E-state index contributed by atoms with van der Waals surface area (Å²) in [6, 6.07) is 14.8. The van der Waals surface area contributed by atoms with Crippen molar-refractivity contribution in [2.24, 2.45) is 5.92 Å². The fraction of sp³-hybridized carbons (Fsp3) is 0.370. The number of amides is 1. The summed E-state index contributed by atoms with van der Waals surface area (Å²) < 4.78 is 6.25. The molecule has 1 N–H and O–H groups in total. The number of nitrogens with zero attached hydrogens (tertiary/aromatic N) is 1. The van der Waals surface area contributed by atoms with Crippen LogP contribution in [0.3, 0.4) is 0 Å². The van der Waals surface area contributed by atoms with E-state index >= 15 is 0 Å². The number of ketones is 1. The third-order valence-corrected chi connectivity index (χ3v) is 9.05. The van der Waals surface area contributed by atoms with Gasteiger partial charge in [-0.15, -0.1) is 11.8 Å². The number of hydrogen-bond donors (Lipinski definition) is 1. The predicted octanol–water partition coefficient (Wildman–Crippen LogP) is 6.25. The zero-order valence-corrected chi connectivity index (χ0v) is 21.8. The third kappa shape index (κ3) is 5.27. The molecule has 1 aliphatic carbocycles. The van der Waals surface area contributed by atoms with E-state index in [1.807, 2.05) is 53.2 Å². The Labute approximate surface area is 218 Å². The molecule has 2 unspecified atom stereocenters. The van der Waals surface area contributed by atoms with Crippen molar-refractivity contribution in [3.05, 3.63) is 75.6 Å². The van der Waals surface area contributed by atoms with Gasteiger partial charge in [0.05, 0.1) is 10.7 Å². The Morgan fingerprint density at radius 1 is 1.20 bits per heavy atom. The molecule has 2 aromatic heterocycles. The van der Waals surface area contributed by atoms with Gasteiger partial charge in [-0.1, -0.05) is 49.6 Å². The lowest BCUT2D eigenvalue weighted by molar-refractivity contribution is -0.133. The number of thioether (sulfide) groups is 1. The molecule has 1 saturated heterocycles. The second-order valence-electron chi connectivity index (χ2n) is 9.17. The summed E-state index contributed by atoms with van der Waals surface area (Å²) in [5.74, 6) is 0.783. The summed E-state index contributed by atoms with van der Waals surface area (Å²) in [5.41, 5.74) is 0.418. The molecule has 2 aliphatic rings. The number of ether oxygens (including phenoxy) is 1. The standard InChI is InChI=1S/C27H27ClN2O3S2/c1-2-19(14-17-10-11-17)33-24-9-5-8-23(29-24)27(18-12-13-34-16-18)15-21(31)25(26(32)30-27)35-22-7-4-3-6-20(22)28/h3-9,12-13,16-17,19,25H,2,10-11,14-15H2,1H3,(H,30,32)/t19-,25?,27?/m1/s1. The van der Waals surface area contributed by atoms with Crippen molar-refractivity contribution < 1.29 is 14.3 Å². The van der Waals surface area contributed by atoms with Crippen molar-refractivity contribution in [1.29, 1.82) is 0 Å². The number of benzene rings is 1. The molecule has 1 aromatic carbocycles. The van der Waals surface area contributed by atoms with E-state index in [0.717, 1.165) is 24.3 Å². The average molecular weight is 527 g/mol. The first kappa shape index (κ1) is 24.3. The smallest absolute Gasteiger partial charge is 0.242 e. The second kappa shape index (κ2) is 10.3. The zero-order valence-electron chi connectivity index (χ0n) is 19.4. The average Bonchev–Trinajstić information content (AvgIpc) is 3.49. The molecule has 1 amide bonds. The number of rotatable bonds is 9. The van der Waals surface area contributed by atoms with Gasteiger partial charge < -0.3 is 10.1 Å². The van der Waals surface area contributed by atoms with E-state index in [1.54, 1.807) is 6.07 Å². The van der Waals surface area contributed by atoms with Crippen LogP contribution in [0.2, 0.25) is 5.02 Å². The fourth-order valence-electron chi connectivity index (χ4n) is 4.50. The van der Waals surface area contributed by atoms with Gasteiger partial charge in [-0.25, -0.2) is 4.98 Å². The predicted molar refractivity (Wildman–Crippen MR) is 140 cm³/mol. The zero-order chi connectivity index (χ0) is 24.4. The SMILES string of the molecule is CC[C@H](CC1CC1)Oc1cccc(C2(c3ccsc3)CC(=O)C(Sc3ccccc3Cl)C(=O)N2)n1. The molecule has 5 nitrogen and oxygen atoms in total. The van der Waals surface area contributed by atoms with E-state index in [0.29, 0.717) is 21.5 Å². The number of aromatic nitrogens is 1. The first-order valence-electron chi connectivity index (χ1n) is 11.9. The van der Waals surface area contributed by atoms with Gasteiger partial charge in [0.25, 0.3) is 0 Å². The van der Waals surface area contributed by atoms with Crippen LogP contribution in [0, 0.1) is 5.92 Å². The van der Waals surface area contributed by atoms with Crippen LogP contribution in [0.25, 0.3) is 0 Å². The van der Waals surface area contributed by atoms with Crippen molar-refractivity contribution in [3.63, 3.8) is 0 Å². The number of halogens is 1. The summed E-state index contributed by atoms with van der Waals surface area (Å²) in [6.07, 6.45) is 4.71. The number of thiophene rings is 1.